The molecule has 3 amide bonds. The van der Waals surface area contributed by atoms with Gasteiger partial charge in [-0.25, -0.2) is 0 Å². The maximum Gasteiger partial charge on any atom is 0.261 e. The van der Waals surface area contributed by atoms with Crippen molar-refractivity contribution in [2.24, 2.45) is 0 Å². The van der Waals surface area contributed by atoms with E-state index >= 15 is 0 Å². The molecule has 27 heavy (non-hydrogen) atoms. The molecule has 1 aliphatic heterocycles. The summed E-state index contributed by atoms with van der Waals surface area (Å²) in [5.74, 6) is -0.803. The summed E-state index contributed by atoms with van der Waals surface area (Å²) in [5.41, 5.74) is 2.31. The minimum atomic E-state index is -0.318. The Morgan fingerprint density at radius 2 is 1.93 bits per heavy atom. The lowest BCUT2D eigenvalue weighted by Crippen LogP contribution is -2.31. The normalized spacial score (nSPS) is 13.3. The number of hydrogen-bond donors (Lipinski definition) is 2. The summed E-state index contributed by atoms with van der Waals surface area (Å²) < 4.78 is 0.748. The maximum atomic E-state index is 12.4. The number of aromatic amines is 1. The van der Waals surface area contributed by atoms with E-state index in [0.717, 1.165) is 15.4 Å². The SMILES string of the molecule is O=C(CCCN1C(=O)c2ccc(Br)cc2C1=O)Nc1ccc2cn[nH]c2c1. The summed E-state index contributed by atoms with van der Waals surface area (Å²) in [5, 5.41) is 10.6. The van der Waals surface area contributed by atoms with Crippen LogP contribution in [0, 0.1) is 0 Å². The molecule has 1 aliphatic rings. The summed E-state index contributed by atoms with van der Waals surface area (Å²) >= 11 is 3.31. The Balaban J connectivity index is 1.33. The van der Waals surface area contributed by atoms with Crippen LogP contribution in [0.2, 0.25) is 0 Å². The van der Waals surface area contributed by atoms with Crippen molar-refractivity contribution < 1.29 is 14.4 Å². The molecule has 2 N–H and O–H groups in total. The molecule has 0 saturated carbocycles. The fourth-order valence-corrected chi connectivity index (χ4v) is 3.46. The van der Waals surface area contributed by atoms with Gasteiger partial charge >= 0.3 is 0 Å². The lowest BCUT2D eigenvalue weighted by Gasteiger charge is -2.13. The van der Waals surface area contributed by atoms with E-state index in [4.69, 9.17) is 0 Å². The molecular weight excluding hydrogens is 412 g/mol. The third-order valence-corrected chi connectivity index (χ3v) is 4.94. The van der Waals surface area contributed by atoms with Gasteiger partial charge in [-0.15, -0.1) is 0 Å². The van der Waals surface area contributed by atoms with Crippen molar-refractivity contribution in [2.75, 3.05) is 11.9 Å². The van der Waals surface area contributed by atoms with E-state index in [1.165, 1.54) is 4.90 Å². The van der Waals surface area contributed by atoms with Crippen LogP contribution >= 0.6 is 15.9 Å². The Morgan fingerprint density at radius 3 is 2.78 bits per heavy atom. The minimum absolute atomic E-state index is 0.173. The van der Waals surface area contributed by atoms with Crippen LogP contribution in [0.3, 0.4) is 0 Å². The maximum absolute atomic E-state index is 12.4. The molecule has 0 atom stereocenters. The molecule has 136 valence electrons. The van der Waals surface area contributed by atoms with Gasteiger partial charge in [-0.05, 0) is 42.8 Å². The molecule has 3 aromatic rings. The van der Waals surface area contributed by atoms with Crippen molar-refractivity contribution in [1.29, 1.82) is 0 Å². The first-order valence-corrected chi connectivity index (χ1v) is 9.21. The highest BCUT2D eigenvalue weighted by Gasteiger charge is 2.35. The molecule has 0 bridgehead atoms. The minimum Gasteiger partial charge on any atom is -0.326 e. The number of H-pyrrole nitrogens is 1. The van der Waals surface area contributed by atoms with Crippen molar-refractivity contribution in [3.63, 3.8) is 0 Å². The zero-order valence-corrected chi connectivity index (χ0v) is 15.7. The van der Waals surface area contributed by atoms with Crippen molar-refractivity contribution in [3.05, 3.63) is 58.2 Å². The highest BCUT2D eigenvalue weighted by atomic mass is 79.9. The Hall–Kier alpha value is -3.00. The van der Waals surface area contributed by atoms with E-state index in [2.05, 4.69) is 31.4 Å². The van der Waals surface area contributed by atoms with Crippen LogP contribution in [-0.4, -0.2) is 39.4 Å². The fraction of sp³-hybridized carbons (Fsp3) is 0.158. The van der Waals surface area contributed by atoms with Crippen molar-refractivity contribution in [2.45, 2.75) is 12.8 Å². The predicted octanol–water partition coefficient (Wildman–Crippen LogP) is 3.34. The second kappa shape index (κ2) is 6.96. The molecule has 2 aromatic carbocycles. The number of imide groups is 1. The van der Waals surface area contributed by atoms with E-state index in [1.54, 1.807) is 30.5 Å². The van der Waals surface area contributed by atoms with Gasteiger partial charge < -0.3 is 5.32 Å². The summed E-state index contributed by atoms with van der Waals surface area (Å²) in [6, 6.07) is 10.5. The molecule has 0 saturated heterocycles. The van der Waals surface area contributed by atoms with Gasteiger partial charge in [0.15, 0.2) is 0 Å². The van der Waals surface area contributed by atoms with Crippen LogP contribution in [0.5, 0.6) is 0 Å². The first-order valence-electron chi connectivity index (χ1n) is 8.41. The molecule has 7 nitrogen and oxygen atoms in total. The second-order valence-electron chi connectivity index (χ2n) is 6.28. The smallest absolute Gasteiger partial charge is 0.261 e. The highest BCUT2D eigenvalue weighted by molar-refractivity contribution is 9.10. The number of amides is 3. The predicted molar refractivity (Wildman–Crippen MR) is 103 cm³/mol. The first kappa shape index (κ1) is 17.4. The van der Waals surface area contributed by atoms with E-state index in [0.29, 0.717) is 23.2 Å². The van der Waals surface area contributed by atoms with Crippen LogP contribution in [0.4, 0.5) is 5.69 Å². The third-order valence-electron chi connectivity index (χ3n) is 4.44. The number of carbonyl (C=O) groups is 3. The number of fused-ring (bicyclic) bond motifs is 2. The van der Waals surface area contributed by atoms with Crippen LogP contribution in [0.1, 0.15) is 33.6 Å². The molecule has 4 rings (SSSR count). The monoisotopic (exact) mass is 426 g/mol. The standard InChI is InChI=1S/C19H15BrN4O3/c20-12-4-6-14-15(8-12)19(27)24(18(14)26)7-1-2-17(25)22-13-5-3-11-10-21-23-16(11)9-13/h3-6,8-10H,1-2,7H2,(H,21,23)(H,22,25). The zero-order valence-electron chi connectivity index (χ0n) is 14.2. The molecule has 8 heteroatoms. The molecule has 0 radical (unpaired) electrons. The van der Waals surface area contributed by atoms with Crippen LogP contribution in [0.25, 0.3) is 10.9 Å². The molecule has 1 aromatic heterocycles. The lowest BCUT2D eigenvalue weighted by atomic mass is 10.1. The zero-order chi connectivity index (χ0) is 19.0. The number of nitrogens with zero attached hydrogens (tertiary/aromatic N) is 2. The lowest BCUT2D eigenvalue weighted by molar-refractivity contribution is -0.116. The summed E-state index contributed by atoms with van der Waals surface area (Å²) in [7, 11) is 0. The van der Waals surface area contributed by atoms with Gasteiger partial charge in [-0.2, -0.15) is 5.10 Å². The largest absolute Gasteiger partial charge is 0.326 e. The van der Waals surface area contributed by atoms with E-state index in [1.807, 2.05) is 12.1 Å². The van der Waals surface area contributed by atoms with Gasteiger partial charge in [0.05, 0.1) is 22.8 Å². The quantitative estimate of drug-likeness (QED) is 0.611. The number of halogens is 1. The molecular formula is C19H15BrN4O3. The van der Waals surface area contributed by atoms with Crippen LogP contribution < -0.4 is 5.32 Å². The van der Waals surface area contributed by atoms with Gasteiger partial charge in [0.2, 0.25) is 5.91 Å². The number of anilines is 1. The number of benzene rings is 2. The summed E-state index contributed by atoms with van der Waals surface area (Å²) in [6.07, 6.45) is 2.31. The van der Waals surface area contributed by atoms with Gasteiger partial charge in [0, 0.05) is 28.5 Å². The average molecular weight is 427 g/mol. The molecule has 2 heterocycles. The summed E-state index contributed by atoms with van der Waals surface area (Å²) in [4.78, 5) is 38.1. The third kappa shape index (κ3) is 3.35. The van der Waals surface area contributed by atoms with Gasteiger partial charge in [-0.3, -0.25) is 24.4 Å². The number of carbonyl (C=O) groups excluding carboxylic acids is 3. The number of rotatable bonds is 5. The molecule has 0 aliphatic carbocycles. The second-order valence-corrected chi connectivity index (χ2v) is 7.19. The Morgan fingerprint density at radius 1 is 1.11 bits per heavy atom. The molecule has 0 unspecified atom stereocenters. The van der Waals surface area contributed by atoms with Gasteiger partial charge in [0.25, 0.3) is 11.8 Å². The first-order chi connectivity index (χ1) is 13.0. The van der Waals surface area contributed by atoms with E-state index in [-0.39, 0.29) is 30.7 Å². The van der Waals surface area contributed by atoms with E-state index < -0.39 is 0 Å². The molecule has 0 spiro atoms. The topological polar surface area (TPSA) is 95.2 Å². The molecule has 0 fully saturated rings. The highest BCUT2D eigenvalue weighted by Crippen LogP contribution is 2.26. The number of hydrogen-bond acceptors (Lipinski definition) is 4. The Bertz CT molecular complexity index is 1080. The van der Waals surface area contributed by atoms with Crippen LogP contribution in [-0.2, 0) is 4.79 Å². The average Bonchev–Trinajstić information content (AvgIpc) is 3.19. The Kier molecular flexibility index (Phi) is 4.49. The summed E-state index contributed by atoms with van der Waals surface area (Å²) in [6.45, 7) is 0.205. The van der Waals surface area contributed by atoms with Crippen molar-refractivity contribution in [1.82, 2.24) is 15.1 Å². The van der Waals surface area contributed by atoms with Crippen LogP contribution in [0.15, 0.2) is 47.1 Å². The Labute approximate surface area is 162 Å². The van der Waals surface area contributed by atoms with Gasteiger partial charge in [0.1, 0.15) is 0 Å². The number of nitrogens with one attached hydrogen (secondary N) is 2. The van der Waals surface area contributed by atoms with E-state index in [9.17, 15) is 14.4 Å². The number of aromatic nitrogens is 2. The fourth-order valence-electron chi connectivity index (χ4n) is 3.10. The van der Waals surface area contributed by atoms with Crippen molar-refractivity contribution in [3.8, 4) is 0 Å². The van der Waals surface area contributed by atoms with Crippen molar-refractivity contribution >= 4 is 50.2 Å². The van der Waals surface area contributed by atoms with Gasteiger partial charge in [-0.1, -0.05) is 15.9 Å².